The lowest BCUT2D eigenvalue weighted by Crippen LogP contribution is -2.12. The molecule has 1 saturated heterocycles. The summed E-state index contributed by atoms with van der Waals surface area (Å²) in [5.74, 6) is -0.320. The summed E-state index contributed by atoms with van der Waals surface area (Å²) in [4.78, 5) is 11.7. The zero-order valence-corrected chi connectivity index (χ0v) is 10.7. The topological polar surface area (TPSA) is 38.8 Å². The van der Waals surface area contributed by atoms with Gasteiger partial charge in [0.1, 0.15) is 6.10 Å². The molecule has 1 aromatic carbocycles. The molecule has 1 aromatic rings. The maximum absolute atomic E-state index is 11.7. The van der Waals surface area contributed by atoms with E-state index in [2.05, 4.69) is 20.8 Å². The molecule has 1 aliphatic heterocycles. The number of epoxide rings is 1. The molecule has 1 aliphatic rings. The van der Waals surface area contributed by atoms with E-state index >= 15 is 0 Å². The van der Waals surface area contributed by atoms with Gasteiger partial charge < -0.3 is 9.47 Å². The fourth-order valence-electron chi connectivity index (χ4n) is 1.57. The van der Waals surface area contributed by atoms with E-state index in [1.807, 2.05) is 19.1 Å². The molecule has 0 aromatic heterocycles. The van der Waals surface area contributed by atoms with Gasteiger partial charge in [-0.2, -0.15) is 0 Å². The van der Waals surface area contributed by atoms with E-state index in [9.17, 15) is 4.79 Å². The molecule has 0 spiro atoms. The van der Waals surface area contributed by atoms with Crippen LogP contribution in [0.5, 0.6) is 0 Å². The number of esters is 1. The molecular formula is C14H18O3. The van der Waals surface area contributed by atoms with Crippen LogP contribution in [0.15, 0.2) is 24.3 Å². The van der Waals surface area contributed by atoms with Crippen molar-refractivity contribution in [2.24, 2.45) is 0 Å². The SMILES string of the molecule is CC1OC1OC(=O)c1ccc(C(C)(C)C)cc1. The minimum absolute atomic E-state index is 0.0350. The number of hydrogen-bond donors (Lipinski definition) is 0. The molecule has 2 rings (SSSR count). The predicted octanol–water partition coefficient (Wildman–Crippen LogP) is 2.89. The molecule has 0 radical (unpaired) electrons. The van der Waals surface area contributed by atoms with Crippen LogP contribution in [0.4, 0.5) is 0 Å². The normalized spacial score (nSPS) is 23.3. The van der Waals surface area contributed by atoms with Crippen LogP contribution in [0.3, 0.4) is 0 Å². The van der Waals surface area contributed by atoms with Crippen LogP contribution in [-0.2, 0) is 14.9 Å². The van der Waals surface area contributed by atoms with Crippen molar-refractivity contribution in [1.82, 2.24) is 0 Å². The highest BCUT2D eigenvalue weighted by Gasteiger charge is 2.38. The zero-order valence-electron chi connectivity index (χ0n) is 10.7. The molecule has 0 saturated carbocycles. The van der Waals surface area contributed by atoms with Crippen molar-refractivity contribution in [1.29, 1.82) is 0 Å². The summed E-state index contributed by atoms with van der Waals surface area (Å²) in [5, 5.41) is 0. The lowest BCUT2D eigenvalue weighted by molar-refractivity contribution is 0.0297. The first-order valence-electron chi connectivity index (χ1n) is 5.85. The zero-order chi connectivity index (χ0) is 12.6. The molecule has 17 heavy (non-hydrogen) atoms. The Morgan fingerprint density at radius 2 is 1.76 bits per heavy atom. The highest BCUT2D eigenvalue weighted by atomic mass is 16.8. The minimum Gasteiger partial charge on any atom is -0.429 e. The fourth-order valence-corrected chi connectivity index (χ4v) is 1.57. The molecule has 1 heterocycles. The van der Waals surface area contributed by atoms with Crippen molar-refractivity contribution in [3.8, 4) is 0 Å². The number of ether oxygens (including phenoxy) is 2. The number of rotatable bonds is 2. The van der Waals surface area contributed by atoms with Crippen LogP contribution in [-0.4, -0.2) is 18.4 Å². The molecule has 0 amide bonds. The largest absolute Gasteiger partial charge is 0.429 e. The summed E-state index contributed by atoms with van der Waals surface area (Å²) in [6, 6.07) is 7.54. The molecule has 2 unspecified atom stereocenters. The van der Waals surface area contributed by atoms with Gasteiger partial charge in [0, 0.05) is 0 Å². The first-order chi connectivity index (χ1) is 7.88. The number of benzene rings is 1. The molecule has 3 heteroatoms. The van der Waals surface area contributed by atoms with Crippen molar-refractivity contribution in [3.05, 3.63) is 35.4 Å². The first-order valence-corrected chi connectivity index (χ1v) is 5.85. The van der Waals surface area contributed by atoms with Gasteiger partial charge in [0.15, 0.2) is 0 Å². The van der Waals surface area contributed by atoms with Crippen molar-refractivity contribution in [2.45, 2.75) is 45.5 Å². The minimum atomic E-state index is -0.357. The summed E-state index contributed by atoms with van der Waals surface area (Å²) in [6.07, 6.45) is -0.322. The van der Waals surface area contributed by atoms with Crippen molar-refractivity contribution < 1.29 is 14.3 Å². The molecule has 0 bridgehead atoms. The third-order valence-electron chi connectivity index (χ3n) is 2.87. The Labute approximate surface area is 102 Å². The monoisotopic (exact) mass is 234 g/mol. The smallest absolute Gasteiger partial charge is 0.340 e. The summed E-state index contributed by atoms with van der Waals surface area (Å²) >= 11 is 0. The standard InChI is InChI=1S/C14H18O3/c1-9-13(16-9)17-12(15)10-5-7-11(8-6-10)14(2,3)4/h5-9,13H,1-4H3. The first kappa shape index (κ1) is 12.1. The van der Waals surface area contributed by atoms with Gasteiger partial charge in [-0.1, -0.05) is 32.9 Å². The van der Waals surface area contributed by atoms with Gasteiger partial charge in [-0.25, -0.2) is 4.79 Å². The van der Waals surface area contributed by atoms with Gasteiger partial charge in [-0.3, -0.25) is 0 Å². The lowest BCUT2D eigenvalue weighted by Gasteiger charge is -2.18. The molecule has 0 aliphatic carbocycles. The Morgan fingerprint density at radius 1 is 1.24 bits per heavy atom. The average molecular weight is 234 g/mol. The second-order valence-electron chi connectivity index (χ2n) is 5.44. The van der Waals surface area contributed by atoms with Crippen LogP contribution < -0.4 is 0 Å². The van der Waals surface area contributed by atoms with Crippen LogP contribution in [0, 0.1) is 0 Å². The van der Waals surface area contributed by atoms with E-state index in [-0.39, 0.29) is 23.8 Å². The summed E-state index contributed by atoms with van der Waals surface area (Å²) < 4.78 is 10.2. The average Bonchev–Trinajstić information content (AvgIpc) is 2.93. The lowest BCUT2D eigenvalue weighted by atomic mass is 9.87. The molecule has 92 valence electrons. The molecule has 0 N–H and O–H groups in total. The molecular weight excluding hydrogens is 216 g/mol. The van der Waals surface area contributed by atoms with Crippen molar-refractivity contribution in [3.63, 3.8) is 0 Å². The van der Waals surface area contributed by atoms with E-state index < -0.39 is 0 Å². The second-order valence-corrected chi connectivity index (χ2v) is 5.44. The number of hydrogen-bond acceptors (Lipinski definition) is 3. The van der Waals surface area contributed by atoms with E-state index in [4.69, 9.17) is 9.47 Å². The van der Waals surface area contributed by atoms with Crippen LogP contribution in [0.2, 0.25) is 0 Å². The highest BCUT2D eigenvalue weighted by Crippen LogP contribution is 2.25. The van der Waals surface area contributed by atoms with E-state index in [1.54, 1.807) is 12.1 Å². The third kappa shape index (κ3) is 2.86. The maximum atomic E-state index is 11.7. The van der Waals surface area contributed by atoms with Crippen LogP contribution >= 0.6 is 0 Å². The van der Waals surface area contributed by atoms with E-state index in [0.29, 0.717) is 5.56 Å². The van der Waals surface area contributed by atoms with Crippen molar-refractivity contribution in [2.75, 3.05) is 0 Å². The number of carbonyl (C=O) groups is 1. The summed E-state index contributed by atoms with van der Waals surface area (Å²) in [6.45, 7) is 8.29. The summed E-state index contributed by atoms with van der Waals surface area (Å²) in [7, 11) is 0. The van der Waals surface area contributed by atoms with Gasteiger partial charge in [-0.15, -0.1) is 0 Å². The van der Waals surface area contributed by atoms with Gasteiger partial charge in [0.2, 0.25) is 6.29 Å². The Bertz CT molecular complexity index is 414. The number of carbonyl (C=O) groups excluding carboxylic acids is 1. The molecule has 2 atom stereocenters. The summed E-state index contributed by atoms with van der Waals surface area (Å²) in [5.41, 5.74) is 1.86. The third-order valence-corrected chi connectivity index (χ3v) is 2.87. The van der Waals surface area contributed by atoms with Gasteiger partial charge >= 0.3 is 5.97 Å². The van der Waals surface area contributed by atoms with Crippen LogP contribution in [0.25, 0.3) is 0 Å². The fraction of sp³-hybridized carbons (Fsp3) is 0.500. The van der Waals surface area contributed by atoms with E-state index in [1.165, 1.54) is 5.56 Å². The predicted molar refractivity (Wildman–Crippen MR) is 64.9 cm³/mol. The van der Waals surface area contributed by atoms with Crippen LogP contribution in [0.1, 0.15) is 43.6 Å². The molecule has 1 fully saturated rings. The van der Waals surface area contributed by atoms with Gasteiger partial charge in [0.25, 0.3) is 0 Å². The van der Waals surface area contributed by atoms with E-state index in [0.717, 1.165) is 0 Å². The maximum Gasteiger partial charge on any atom is 0.340 e. The highest BCUT2D eigenvalue weighted by molar-refractivity contribution is 5.89. The van der Waals surface area contributed by atoms with Gasteiger partial charge in [-0.05, 0) is 30.0 Å². The van der Waals surface area contributed by atoms with Gasteiger partial charge in [0.05, 0.1) is 5.56 Å². The Balaban J connectivity index is 2.04. The Morgan fingerprint density at radius 3 is 2.18 bits per heavy atom. The quantitative estimate of drug-likeness (QED) is 0.583. The second kappa shape index (κ2) is 4.15. The van der Waals surface area contributed by atoms with Crippen molar-refractivity contribution >= 4 is 5.97 Å². The Kier molecular flexibility index (Phi) is 2.96. The molecule has 3 nitrogen and oxygen atoms in total. The Hall–Kier alpha value is -1.35.